The highest BCUT2D eigenvalue weighted by Gasteiger charge is 2.42. The Kier molecular flexibility index (Phi) is 5.36. The molecule has 2 fully saturated rings. The van der Waals surface area contributed by atoms with Crippen molar-refractivity contribution < 1.29 is 9.53 Å². The van der Waals surface area contributed by atoms with Crippen LogP contribution in [0.4, 0.5) is 0 Å². The van der Waals surface area contributed by atoms with Gasteiger partial charge in [0.1, 0.15) is 5.75 Å². The van der Waals surface area contributed by atoms with Gasteiger partial charge in [-0.2, -0.15) is 0 Å². The number of para-hydroxylation sites is 1. The molecule has 1 amide bonds. The van der Waals surface area contributed by atoms with Gasteiger partial charge in [-0.25, -0.2) is 0 Å². The van der Waals surface area contributed by atoms with Crippen LogP contribution in [0.25, 0.3) is 0 Å². The molecule has 1 heterocycles. The number of hydrogen-bond acceptors (Lipinski definition) is 3. The number of carbonyl (C=O) groups excluding carboxylic acids is 1. The van der Waals surface area contributed by atoms with Gasteiger partial charge in [-0.05, 0) is 36.8 Å². The standard InChI is InChI=1S/C15H19ClN2O2.ClH/c16-12-3-1-2-4-14(12)20-9-15(19)18-7-10-5-6-13(17)11(10)8-18;/h1-4,10-11,13H,5-9,17H2;1H. The lowest BCUT2D eigenvalue weighted by Gasteiger charge is -2.19. The van der Waals surface area contributed by atoms with Crippen molar-refractivity contribution in [1.29, 1.82) is 0 Å². The molecule has 0 aromatic heterocycles. The van der Waals surface area contributed by atoms with E-state index < -0.39 is 0 Å². The largest absolute Gasteiger partial charge is 0.482 e. The first-order chi connectivity index (χ1) is 9.65. The van der Waals surface area contributed by atoms with Crippen LogP contribution < -0.4 is 10.5 Å². The van der Waals surface area contributed by atoms with Crippen molar-refractivity contribution in [3.05, 3.63) is 29.3 Å². The molecule has 1 aliphatic carbocycles. The lowest BCUT2D eigenvalue weighted by molar-refractivity contribution is -0.132. The molecule has 3 unspecified atom stereocenters. The van der Waals surface area contributed by atoms with Crippen molar-refractivity contribution in [2.24, 2.45) is 17.6 Å². The molecule has 4 nitrogen and oxygen atoms in total. The number of hydrogen-bond donors (Lipinski definition) is 1. The Morgan fingerprint density at radius 1 is 1.33 bits per heavy atom. The van der Waals surface area contributed by atoms with Crippen molar-refractivity contribution in [2.75, 3.05) is 19.7 Å². The van der Waals surface area contributed by atoms with E-state index in [0.29, 0.717) is 22.6 Å². The predicted molar refractivity (Wildman–Crippen MR) is 85.0 cm³/mol. The topological polar surface area (TPSA) is 55.6 Å². The van der Waals surface area contributed by atoms with Crippen LogP contribution in [0, 0.1) is 11.8 Å². The van der Waals surface area contributed by atoms with Crippen LogP contribution in [0.15, 0.2) is 24.3 Å². The Hall–Kier alpha value is -0.970. The Balaban J connectivity index is 0.00000161. The van der Waals surface area contributed by atoms with Crippen LogP contribution in [0.2, 0.25) is 5.02 Å². The number of halogens is 2. The first kappa shape index (κ1) is 16.4. The fourth-order valence-corrected chi connectivity index (χ4v) is 3.49. The lowest BCUT2D eigenvalue weighted by atomic mass is 9.98. The molecule has 1 aromatic rings. The molecule has 21 heavy (non-hydrogen) atoms. The summed E-state index contributed by atoms with van der Waals surface area (Å²) in [4.78, 5) is 14.1. The Bertz CT molecular complexity index is 512. The maximum absolute atomic E-state index is 12.2. The van der Waals surface area contributed by atoms with E-state index in [4.69, 9.17) is 22.1 Å². The van der Waals surface area contributed by atoms with Gasteiger partial charge in [-0.1, -0.05) is 23.7 Å². The van der Waals surface area contributed by atoms with Gasteiger partial charge in [0.15, 0.2) is 6.61 Å². The van der Waals surface area contributed by atoms with Gasteiger partial charge in [0.2, 0.25) is 0 Å². The fraction of sp³-hybridized carbons (Fsp3) is 0.533. The van der Waals surface area contributed by atoms with Gasteiger partial charge in [-0.3, -0.25) is 4.79 Å². The minimum atomic E-state index is 0. The van der Waals surface area contributed by atoms with Crippen LogP contribution in [-0.2, 0) is 4.79 Å². The SMILES string of the molecule is Cl.NC1CCC2CN(C(=O)COc3ccccc3Cl)CC12. The molecule has 1 saturated heterocycles. The van der Waals surface area contributed by atoms with E-state index >= 15 is 0 Å². The van der Waals surface area contributed by atoms with E-state index in [9.17, 15) is 4.79 Å². The molecule has 1 aliphatic heterocycles. The summed E-state index contributed by atoms with van der Waals surface area (Å²) in [5.74, 6) is 1.62. The molecule has 2 aliphatic rings. The summed E-state index contributed by atoms with van der Waals surface area (Å²) in [5, 5.41) is 0.528. The highest BCUT2D eigenvalue weighted by molar-refractivity contribution is 6.32. The summed E-state index contributed by atoms with van der Waals surface area (Å²) < 4.78 is 5.51. The third-order valence-corrected chi connectivity index (χ3v) is 4.77. The molecule has 116 valence electrons. The molecule has 3 rings (SSSR count). The highest BCUT2D eigenvalue weighted by atomic mass is 35.5. The van der Waals surface area contributed by atoms with Crippen molar-refractivity contribution >= 4 is 29.9 Å². The smallest absolute Gasteiger partial charge is 0.260 e. The summed E-state index contributed by atoms with van der Waals surface area (Å²) >= 11 is 6.00. The van der Waals surface area contributed by atoms with Crippen molar-refractivity contribution in [3.63, 3.8) is 0 Å². The van der Waals surface area contributed by atoms with Gasteiger partial charge in [0.25, 0.3) is 5.91 Å². The Labute approximate surface area is 136 Å². The molecular formula is C15H20Cl2N2O2. The summed E-state index contributed by atoms with van der Waals surface area (Å²) in [7, 11) is 0. The number of nitrogens with zero attached hydrogens (tertiary/aromatic N) is 1. The molecule has 3 atom stereocenters. The van der Waals surface area contributed by atoms with E-state index in [0.717, 1.165) is 25.9 Å². The highest BCUT2D eigenvalue weighted by Crippen LogP contribution is 2.37. The van der Waals surface area contributed by atoms with E-state index in [1.807, 2.05) is 17.0 Å². The minimum Gasteiger partial charge on any atom is -0.482 e. The average Bonchev–Trinajstić information content (AvgIpc) is 3.00. The molecule has 6 heteroatoms. The molecule has 1 saturated carbocycles. The second-order valence-corrected chi connectivity index (χ2v) is 6.09. The van der Waals surface area contributed by atoms with Gasteiger partial charge in [0, 0.05) is 19.1 Å². The minimum absolute atomic E-state index is 0. The predicted octanol–water partition coefficient (Wildman–Crippen LogP) is 2.34. The maximum atomic E-state index is 12.2. The second-order valence-electron chi connectivity index (χ2n) is 5.68. The molecule has 0 spiro atoms. The van der Waals surface area contributed by atoms with E-state index in [1.165, 1.54) is 0 Å². The zero-order chi connectivity index (χ0) is 14.1. The Morgan fingerprint density at radius 2 is 2.10 bits per heavy atom. The van der Waals surface area contributed by atoms with Crippen LogP contribution in [-0.4, -0.2) is 36.5 Å². The molecule has 1 aromatic carbocycles. The van der Waals surface area contributed by atoms with Gasteiger partial charge in [-0.15, -0.1) is 12.4 Å². The normalized spacial score (nSPS) is 27.1. The number of fused-ring (bicyclic) bond motifs is 1. The van der Waals surface area contributed by atoms with Crippen molar-refractivity contribution in [2.45, 2.75) is 18.9 Å². The number of ether oxygens (including phenoxy) is 1. The zero-order valence-corrected chi connectivity index (χ0v) is 13.3. The van der Waals surface area contributed by atoms with Gasteiger partial charge in [0.05, 0.1) is 5.02 Å². The Morgan fingerprint density at radius 3 is 2.81 bits per heavy atom. The fourth-order valence-electron chi connectivity index (χ4n) is 3.30. The van der Waals surface area contributed by atoms with E-state index in [1.54, 1.807) is 12.1 Å². The number of amides is 1. The molecule has 2 N–H and O–H groups in total. The second kappa shape index (κ2) is 6.86. The maximum Gasteiger partial charge on any atom is 0.260 e. The lowest BCUT2D eigenvalue weighted by Crippen LogP contribution is -2.36. The number of likely N-dealkylation sites (tertiary alicyclic amines) is 1. The third-order valence-electron chi connectivity index (χ3n) is 4.45. The van der Waals surface area contributed by atoms with Crippen LogP contribution in [0.3, 0.4) is 0 Å². The molecule has 0 radical (unpaired) electrons. The van der Waals surface area contributed by atoms with Crippen LogP contribution in [0.1, 0.15) is 12.8 Å². The third kappa shape index (κ3) is 3.44. The quantitative estimate of drug-likeness (QED) is 0.925. The first-order valence-corrected chi connectivity index (χ1v) is 7.43. The number of carbonyl (C=O) groups is 1. The summed E-state index contributed by atoms with van der Waals surface area (Å²) in [6, 6.07) is 7.44. The summed E-state index contributed by atoms with van der Waals surface area (Å²) in [6.07, 6.45) is 2.23. The zero-order valence-electron chi connectivity index (χ0n) is 11.7. The number of benzene rings is 1. The van der Waals surface area contributed by atoms with Gasteiger partial charge >= 0.3 is 0 Å². The van der Waals surface area contributed by atoms with Crippen molar-refractivity contribution in [1.82, 2.24) is 4.90 Å². The first-order valence-electron chi connectivity index (χ1n) is 7.06. The monoisotopic (exact) mass is 330 g/mol. The van der Waals surface area contributed by atoms with Crippen LogP contribution in [0.5, 0.6) is 5.75 Å². The average molecular weight is 331 g/mol. The van der Waals surface area contributed by atoms with Crippen LogP contribution >= 0.6 is 24.0 Å². The van der Waals surface area contributed by atoms with Crippen molar-refractivity contribution in [3.8, 4) is 5.75 Å². The van der Waals surface area contributed by atoms with E-state index in [2.05, 4.69) is 0 Å². The summed E-state index contributed by atoms with van der Waals surface area (Å²) in [6.45, 7) is 1.64. The molecular weight excluding hydrogens is 311 g/mol. The van der Waals surface area contributed by atoms with Gasteiger partial charge < -0.3 is 15.4 Å². The summed E-state index contributed by atoms with van der Waals surface area (Å²) in [5.41, 5.74) is 6.08. The number of rotatable bonds is 3. The molecule has 0 bridgehead atoms. The number of nitrogens with two attached hydrogens (primary N) is 1. The van der Waals surface area contributed by atoms with E-state index in [-0.39, 0.29) is 31.0 Å².